The zero-order valence-electron chi connectivity index (χ0n) is 16.7. The summed E-state index contributed by atoms with van der Waals surface area (Å²) in [5.41, 5.74) is -3.69. The summed E-state index contributed by atoms with van der Waals surface area (Å²) in [7, 11) is 1.47. The topological polar surface area (TPSA) is 60.9 Å². The largest absolute Gasteiger partial charge is 0.426 e. The highest BCUT2D eigenvalue weighted by atomic mass is 35.5. The lowest BCUT2D eigenvalue weighted by atomic mass is 9.89. The Morgan fingerprint density at radius 3 is 2.50 bits per heavy atom. The van der Waals surface area contributed by atoms with Gasteiger partial charge in [-0.2, -0.15) is 13.2 Å². The molecule has 1 aliphatic heterocycles. The van der Waals surface area contributed by atoms with Crippen LogP contribution in [0.25, 0.3) is 0 Å². The quantitative estimate of drug-likeness (QED) is 0.562. The van der Waals surface area contributed by atoms with Gasteiger partial charge in [-0.25, -0.2) is 4.39 Å². The van der Waals surface area contributed by atoms with E-state index in [1.165, 1.54) is 24.1 Å². The first-order chi connectivity index (χ1) is 13.8. The number of likely N-dealkylation sites (tertiary alicyclic amines) is 1. The van der Waals surface area contributed by atoms with Crippen molar-refractivity contribution in [2.45, 2.75) is 38.1 Å². The maximum atomic E-state index is 14.2. The molecule has 0 saturated carbocycles. The molecular weight excluding hydrogens is 428 g/mol. The predicted molar refractivity (Wildman–Crippen MR) is 103 cm³/mol. The number of carbonyl (C=O) groups excluding carboxylic acids is 2. The van der Waals surface area contributed by atoms with E-state index in [9.17, 15) is 32.3 Å². The molecule has 3 atom stereocenters. The number of benzene rings is 1. The summed E-state index contributed by atoms with van der Waals surface area (Å²) in [6.45, 7) is 1.90. The van der Waals surface area contributed by atoms with Gasteiger partial charge in [0.2, 0.25) is 5.60 Å². The van der Waals surface area contributed by atoms with Gasteiger partial charge in [0.15, 0.2) is 0 Å². The molecule has 1 aromatic carbocycles. The number of amides is 2. The molecule has 5 nitrogen and oxygen atoms in total. The fraction of sp³-hybridized carbons (Fsp3) is 0.500. The monoisotopic (exact) mass is 450 g/mol. The Balaban J connectivity index is 2.23. The Morgan fingerprint density at radius 1 is 1.33 bits per heavy atom. The minimum atomic E-state index is -5.12. The number of nitrogens with zero attached hydrogens (tertiary/aromatic N) is 2. The number of alkyl halides is 3. The fourth-order valence-corrected chi connectivity index (χ4v) is 3.66. The lowest BCUT2D eigenvalue weighted by Crippen LogP contribution is -2.60. The summed E-state index contributed by atoms with van der Waals surface area (Å²) in [4.78, 5) is 27.4. The third-order valence-electron chi connectivity index (χ3n) is 5.29. The van der Waals surface area contributed by atoms with Crippen molar-refractivity contribution in [3.63, 3.8) is 0 Å². The molecule has 0 radical (unpaired) electrons. The molecule has 0 bridgehead atoms. The molecule has 10 heteroatoms. The highest BCUT2D eigenvalue weighted by Gasteiger charge is 2.57. The van der Waals surface area contributed by atoms with Crippen LogP contribution in [0.15, 0.2) is 30.4 Å². The first kappa shape index (κ1) is 24.1. The van der Waals surface area contributed by atoms with Gasteiger partial charge in [0, 0.05) is 37.1 Å². The number of halogens is 5. The van der Waals surface area contributed by atoms with Crippen molar-refractivity contribution < 1.29 is 32.3 Å². The number of carbonyl (C=O) groups is 2. The van der Waals surface area contributed by atoms with Crippen LogP contribution in [0.5, 0.6) is 0 Å². The first-order valence-electron chi connectivity index (χ1n) is 9.24. The average molecular weight is 451 g/mol. The molecule has 0 aromatic heterocycles. The standard InChI is InChI=1S/C20H23ClF4N2O3/c1-4-5-12-11-27(18(29)19(2,30)20(23,24)25)9-8-16(12)26(3)17(28)14-7-6-13(21)10-15(14)22/h4-7,10,12,16,30H,8-9,11H2,1-3H3/b5-4+/t12?,16?,19-/m1/s1. The van der Waals surface area contributed by atoms with Gasteiger partial charge in [0.25, 0.3) is 11.8 Å². The Morgan fingerprint density at radius 2 is 1.97 bits per heavy atom. The molecule has 1 heterocycles. The van der Waals surface area contributed by atoms with Crippen LogP contribution in [0.2, 0.25) is 5.02 Å². The van der Waals surface area contributed by atoms with E-state index < -0.39 is 41.4 Å². The fourth-order valence-electron chi connectivity index (χ4n) is 3.50. The van der Waals surface area contributed by atoms with Crippen molar-refractivity contribution in [2.75, 3.05) is 20.1 Å². The van der Waals surface area contributed by atoms with Gasteiger partial charge in [-0.15, -0.1) is 0 Å². The molecule has 0 spiro atoms. The maximum absolute atomic E-state index is 14.2. The minimum Gasteiger partial charge on any atom is -0.373 e. The molecule has 1 saturated heterocycles. The first-order valence-corrected chi connectivity index (χ1v) is 9.62. The average Bonchev–Trinajstić information content (AvgIpc) is 2.65. The van der Waals surface area contributed by atoms with E-state index in [4.69, 9.17) is 11.6 Å². The van der Waals surface area contributed by atoms with E-state index in [0.29, 0.717) is 6.92 Å². The van der Waals surface area contributed by atoms with Crippen LogP contribution in [0.4, 0.5) is 17.6 Å². The van der Waals surface area contributed by atoms with Gasteiger partial charge in [-0.05, 0) is 38.5 Å². The van der Waals surface area contributed by atoms with Gasteiger partial charge < -0.3 is 14.9 Å². The highest BCUT2D eigenvalue weighted by Crippen LogP contribution is 2.34. The van der Waals surface area contributed by atoms with Crippen LogP contribution in [-0.4, -0.2) is 64.7 Å². The molecule has 0 aliphatic carbocycles. The second-order valence-corrected chi connectivity index (χ2v) is 7.84. The SMILES string of the molecule is C/C=C/C1CN(C(=O)[C@@](C)(O)C(F)(F)F)CCC1N(C)C(=O)c1ccc(Cl)cc1F. The lowest BCUT2D eigenvalue weighted by molar-refractivity contribution is -0.250. The van der Waals surface area contributed by atoms with Gasteiger partial charge in [-0.1, -0.05) is 23.8 Å². The second kappa shape index (κ2) is 8.93. The van der Waals surface area contributed by atoms with Crippen LogP contribution in [0, 0.1) is 11.7 Å². The number of allylic oxidation sites excluding steroid dienone is 1. The molecule has 1 aromatic rings. The van der Waals surface area contributed by atoms with Gasteiger partial charge in [-0.3, -0.25) is 9.59 Å². The normalized spacial score (nSPS) is 22.1. The molecule has 2 unspecified atom stereocenters. The summed E-state index contributed by atoms with van der Waals surface area (Å²) in [5.74, 6) is -3.33. The summed E-state index contributed by atoms with van der Waals surface area (Å²) < 4.78 is 53.3. The smallest absolute Gasteiger partial charge is 0.373 e. The predicted octanol–water partition coefficient (Wildman–Crippen LogP) is 3.66. The van der Waals surface area contributed by atoms with Crippen LogP contribution in [0.1, 0.15) is 30.6 Å². The molecule has 166 valence electrons. The van der Waals surface area contributed by atoms with Crippen LogP contribution in [0.3, 0.4) is 0 Å². The van der Waals surface area contributed by atoms with Crippen molar-refractivity contribution in [3.8, 4) is 0 Å². The number of hydrogen-bond donors (Lipinski definition) is 1. The third kappa shape index (κ3) is 4.78. The third-order valence-corrected chi connectivity index (χ3v) is 5.53. The number of aliphatic hydroxyl groups is 1. The Kier molecular flexibility index (Phi) is 7.19. The van der Waals surface area contributed by atoms with E-state index >= 15 is 0 Å². The zero-order chi connectivity index (χ0) is 22.9. The van der Waals surface area contributed by atoms with E-state index in [1.807, 2.05) is 0 Å². The van der Waals surface area contributed by atoms with Crippen molar-refractivity contribution in [1.29, 1.82) is 0 Å². The number of piperidine rings is 1. The molecule has 1 N–H and O–H groups in total. The second-order valence-electron chi connectivity index (χ2n) is 7.41. The van der Waals surface area contributed by atoms with Crippen LogP contribution in [-0.2, 0) is 4.79 Å². The van der Waals surface area contributed by atoms with Crippen molar-refractivity contribution in [3.05, 3.63) is 46.8 Å². The van der Waals surface area contributed by atoms with E-state index in [0.717, 1.165) is 11.0 Å². The van der Waals surface area contributed by atoms with Crippen LogP contribution >= 0.6 is 11.6 Å². The maximum Gasteiger partial charge on any atom is 0.426 e. The van der Waals surface area contributed by atoms with Gasteiger partial charge in [0.1, 0.15) is 5.82 Å². The molecule has 1 fully saturated rings. The Bertz CT molecular complexity index is 842. The Labute approximate surface area is 176 Å². The van der Waals surface area contributed by atoms with Crippen LogP contribution < -0.4 is 0 Å². The van der Waals surface area contributed by atoms with Gasteiger partial charge >= 0.3 is 6.18 Å². The molecule has 1 aliphatic rings. The number of rotatable bonds is 4. The van der Waals surface area contributed by atoms with Crippen molar-refractivity contribution in [2.24, 2.45) is 5.92 Å². The minimum absolute atomic E-state index is 0.0928. The van der Waals surface area contributed by atoms with E-state index in [1.54, 1.807) is 19.1 Å². The molecular formula is C20H23ClF4N2O3. The summed E-state index contributed by atoms with van der Waals surface area (Å²) in [6, 6.07) is 3.19. The summed E-state index contributed by atoms with van der Waals surface area (Å²) in [5, 5.41) is 9.84. The van der Waals surface area contributed by atoms with E-state index in [2.05, 4.69) is 0 Å². The van der Waals surface area contributed by atoms with Crippen molar-refractivity contribution >= 4 is 23.4 Å². The summed E-state index contributed by atoms with van der Waals surface area (Å²) >= 11 is 5.72. The lowest BCUT2D eigenvalue weighted by Gasteiger charge is -2.43. The molecule has 2 rings (SSSR count). The number of hydrogen-bond acceptors (Lipinski definition) is 3. The summed E-state index contributed by atoms with van der Waals surface area (Å²) in [6.07, 6.45) is -1.62. The zero-order valence-corrected chi connectivity index (χ0v) is 17.5. The van der Waals surface area contributed by atoms with E-state index in [-0.39, 0.29) is 30.1 Å². The highest BCUT2D eigenvalue weighted by molar-refractivity contribution is 6.30. The molecule has 30 heavy (non-hydrogen) atoms. The Hall–Kier alpha value is -2.13. The van der Waals surface area contributed by atoms with Crippen molar-refractivity contribution in [1.82, 2.24) is 9.80 Å². The molecule has 2 amide bonds. The van der Waals surface area contributed by atoms with Gasteiger partial charge in [0.05, 0.1) is 5.56 Å².